The minimum atomic E-state index is -0.249. The molecule has 132 valence electrons. The Balaban J connectivity index is 1.62. The molecule has 0 fully saturated rings. The molecular formula is C21H21N3OS. The molecule has 26 heavy (non-hydrogen) atoms. The van der Waals surface area contributed by atoms with Gasteiger partial charge in [0.1, 0.15) is 0 Å². The lowest BCUT2D eigenvalue weighted by molar-refractivity contribution is 0.262. The summed E-state index contributed by atoms with van der Waals surface area (Å²) in [6.45, 7) is 3.96. The molecule has 0 heterocycles. The van der Waals surface area contributed by atoms with Gasteiger partial charge in [-0.25, -0.2) is 4.79 Å². The number of urea groups is 1. The molecule has 0 aliphatic carbocycles. The molecule has 5 heteroatoms. The zero-order chi connectivity index (χ0) is 18.5. The summed E-state index contributed by atoms with van der Waals surface area (Å²) in [6, 6.07) is 21.2. The number of rotatable bonds is 4. The van der Waals surface area contributed by atoms with Crippen LogP contribution in [0.5, 0.6) is 0 Å². The van der Waals surface area contributed by atoms with Crippen LogP contribution in [0.4, 0.5) is 21.9 Å². The number of hydrogen-bond acceptors (Lipinski definition) is 3. The largest absolute Gasteiger partial charge is 0.399 e. The number of benzene rings is 3. The first-order valence-electron chi connectivity index (χ1n) is 8.29. The first-order valence-corrected chi connectivity index (χ1v) is 9.10. The molecule has 2 amide bonds. The third-order valence-corrected chi connectivity index (χ3v) is 4.96. The minimum absolute atomic E-state index is 0.249. The highest BCUT2D eigenvalue weighted by atomic mass is 32.2. The van der Waals surface area contributed by atoms with Gasteiger partial charge in [0.2, 0.25) is 0 Å². The molecule has 0 radical (unpaired) electrons. The van der Waals surface area contributed by atoms with Crippen LogP contribution in [0.25, 0.3) is 0 Å². The van der Waals surface area contributed by atoms with Crippen molar-refractivity contribution in [2.24, 2.45) is 0 Å². The lowest BCUT2D eigenvalue weighted by atomic mass is 10.1. The number of aryl methyl sites for hydroxylation is 2. The van der Waals surface area contributed by atoms with Crippen molar-refractivity contribution in [2.75, 3.05) is 16.4 Å². The first-order chi connectivity index (χ1) is 12.5. The second kappa shape index (κ2) is 7.97. The summed E-state index contributed by atoms with van der Waals surface area (Å²) in [5, 5.41) is 5.79. The number of carbonyl (C=O) groups excluding carboxylic acids is 1. The second-order valence-corrected chi connectivity index (χ2v) is 7.19. The lowest BCUT2D eigenvalue weighted by Gasteiger charge is -2.12. The number of amides is 2. The molecule has 0 atom stereocenters. The topological polar surface area (TPSA) is 67.2 Å². The van der Waals surface area contributed by atoms with Crippen LogP contribution >= 0.6 is 11.8 Å². The van der Waals surface area contributed by atoms with Gasteiger partial charge in [-0.3, -0.25) is 0 Å². The molecule has 4 N–H and O–H groups in total. The predicted octanol–water partition coefficient (Wildman–Crippen LogP) is 5.68. The smallest absolute Gasteiger partial charge is 0.323 e. The van der Waals surface area contributed by atoms with E-state index in [0.717, 1.165) is 38.0 Å². The average Bonchev–Trinajstić information content (AvgIpc) is 2.62. The van der Waals surface area contributed by atoms with E-state index in [4.69, 9.17) is 5.73 Å². The van der Waals surface area contributed by atoms with Crippen LogP contribution in [0, 0.1) is 13.8 Å². The summed E-state index contributed by atoms with van der Waals surface area (Å²) in [5.41, 5.74) is 10.1. The first kappa shape index (κ1) is 17.9. The van der Waals surface area contributed by atoms with E-state index in [1.165, 1.54) is 0 Å². The van der Waals surface area contributed by atoms with Crippen molar-refractivity contribution >= 4 is 34.9 Å². The molecule has 0 aliphatic heterocycles. The molecule has 0 aliphatic rings. The van der Waals surface area contributed by atoms with Crippen molar-refractivity contribution in [2.45, 2.75) is 23.6 Å². The van der Waals surface area contributed by atoms with Crippen molar-refractivity contribution < 1.29 is 4.79 Å². The van der Waals surface area contributed by atoms with Gasteiger partial charge >= 0.3 is 6.03 Å². The quantitative estimate of drug-likeness (QED) is 0.522. The van der Waals surface area contributed by atoms with Gasteiger partial charge in [0.15, 0.2) is 0 Å². The Labute approximate surface area is 157 Å². The number of nitrogen functional groups attached to an aromatic ring is 1. The van der Waals surface area contributed by atoms with Crippen molar-refractivity contribution in [3.63, 3.8) is 0 Å². The molecule has 0 aromatic heterocycles. The van der Waals surface area contributed by atoms with Crippen LogP contribution in [0.2, 0.25) is 0 Å². The van der Waals surface area contributed by atoms with E-state index < -0.39 is 0 Å². The highest BCUT2D eigenvalue weighted by Gasteiger charge is 2.07. The van der Waals surface area contributed by atoms with Crippen molar-refractivity contribution in [3.8, 4) is 0 Å². The second-order valence-electron chi connectivity index (χ2n) is 6.04. The van der Waals surface area contributed by atoms with E-state index >= 15 is 0 Å². The van der Waals surface area contributed by atoms with Crippen molar-refractivity contribution in [1.29, 1.82) is 0 Å². The van der Waals surface area contributed by atoms with E-state index in [0.29, 0.717) is 0 Å². The molecule has 0 bridgehead atoms. The molecule has 0 saturated carbocycles. The van der Waals surface area contributed by atoms with Gasteiger partial charge in [0, 0.05) is 26.9 Å². The normalized spacial score (nSPS) is 10.4. The van der Waals surface area contributed by atoms with E-state index in [2.05, 4.69) is 10.6 Å². The van der Waals surface area contributed by atoms with Crippen molar-refractivity contribution in [1.82, 2.24) is 0 Å². The lowest BCUT2D eigenvalue weighted by Crippen LogP contribution is -2.20. The maximum absolute atomic E-state index is 12.3. The summed E-state index contributed by atoms with van der Waals surface area (Å²) in [4.78, 5) is 14.5. The minimum Gasteiger partial charge on any atom is -0.399 e. The molecule has 4 nitrogen and oxygen atoms in total. The molecule has 3 aromatic carbocycles. The maximum atomic E-state index is 12.3. The van der Waals surface area contributed by atoms with E-state index in [1.807, 2.05) is 80.6 Å². The van der Waals surface area contributed by atoms with Crippen LogP contribution in [-0.2, 0) is 0 Å². The SMILES string of the molecule is Cc1cccc(C)c1NC(=O)Nc1ccc(Sc2ccc(N)cc2)cc1. The number of anilines is 3. The van der Waals surface area contributed by atoms with E-state index in [9.17, 15) is 4.79 Å². The summed E-state index contributed by atoms with van der Waals surface area (Å²) in [7, 11) is 0. The Bertz CT molecular complexity index is 885. The van der Waals surface area contributed by atoms with E-state index in [1.54, 1.807) is 11.8 Å². The fourth-order valence-corrected chi connectivity index (χ4v) is 3.38. The van der Waals surface area contributed by atoms with Crippen LogP contribution < -0.4 is 16.4 Å². The number of nitrogens with one attached hydrogen (secondary N) is 2. The van der Waals surface area contributed by atoms with Gasteiger partial charge in [-0.1, -0.05) is 30.0 Å². The molecular weight excluding hydrogens is 342 g/mol. The predicted molar refractivity (Wildman–Crippen MR) is 110 cm³/mol. The highest BCUT2D eigenvalue weighted by molar-refractivity contribution is 7.99. The van der Waals surface area contributed by atoms with Gasteiger partial charge < -0.3 is 16.4 Å². The Morgan fingerprint density at radius 2 is 1.35 bits per heavy atom. The molecule has 0 spiro atoms. The fourth-order valence-electron chi connectivity index (χ4n) is 2.57. The fraction of sp³-hybridized carbons (Fsp3) is 0.0952. The maximum Gasteiger partial charge on any atom is 0.323 e. The standard InChI is InChI=1S/C21H21N3OS/c1-14-4-3-5-15(2)20(14)24-21(25)23-17-8-12-19(13-9-17)26-18-10-6-16(22)7-11-18/h3-13H,22H2,1-2H3,(H2,23,24,25). The zero-order valence-corrected chi connectivity index (χ0v) is 15.6. The third kappa shape index (κ3) is 4.58. The summed E-state index contributed by atoms with van der Waals surface area (Å²) < 4.78 is 0. The third-order valence-electron chi connectivity index (χ3n) is 3.95. The highest BCUT2D eigenvalue weighted by Crippen LogP contribution is 2.29. The van der Waals surface area contributed by atoms with Gasteiger partial charge in [-0.15, -0.1) is 0 Å². The Morgan fingerprint density at radius 1 is 0.808 bits per heavy atom. The van der Waals surface area contributed by atoms with Gasteiger partial charge in [-0.05, 0) is 73.5 Å². The summed E-state index contributed by atoms with van der Waals surface area (Å²) in [6.07, 6.45) is 0. The summed E-state index contributed by atoms with van der Waals surface area (Å²) in [5.74, 6) is 0. The Hall–Kier alpha value is -2.92. The van der Waals surface area contributed by atoms with Crippen LogP contribution in [0.3, 0.4) is 0 Å². The Morgan fingerprint density at radius 3 is 1.92 bits per heavy atom. The average molecular weight is 363 g/mol. The van der Waals surface area contributed by atoms with Crippen LogP contribution in [0.1, 0.15) is 11.1 Å². The number of hydrogen-bond donors (Lipinski definition) is 3. The number of carbonyl (C=O) groups is 1. The molecule has 0 unspecified atom stereocenters. The molecule has 3 aromatic rings. The van der Waals surface area contributed by atoms with Gasteiger partial charge in [0.25, 0.3) is 0 Å². The van der Waals surface area contributed by atoms with Gasteiger partial charge in [-0.2, -0.15) is 0 Å². The monoisotopic (exact) mass is 363 g/mol. The van der Waals surface area contributed by atoms with E-state index in [-0.39, 0.29) is 6.03 Å². The number of nitrogens with two attached hydrogens (primary N) is 1. The molecule has 3 rings (SSSR count). The molecule has 0 saturated heterocycles. The Kier molecular flexibility index (Phi) is 5.49. The van der Waals surface area contributed by atoms with Gasteiger partial charge in [0.05, 0.1) is 0 Å². The van der Waals surface area contributed by atoms with Crippen LogP contribution in [0.15, 0.2) is 76.5 Å². The number of para-hydroxylation sites is 1. The van der Waals surface area contributed by atoms with Crippen LogP contribution in [-0.4, -0.2) is 6.03 Å². The zero-order valence-electron chi connectivity index (χ0n) is 14.7. The van der Waals surface area contributed by atoms with Crippen molar-refractivity contribution in [3.05, 3.63) is 77.9 Å². The summed E-state index contributed by atoms with van der Waals surface area (Å²) >= 11 is 1.65.